The molecular formula is C19H20N2OS2. The van der Waals surface area contributed by atoms with Gasteiger partial charge in [-0.1, -0.05) is 30.3 Å². The minimum Gasteiger partial charge on any atom is -0.336 e. The smallest absolute Gasteiger partial charge is 0.270 e. The summed E-state index contributed by atoms with van der Waals surface area (Å²) in [5, 5.41) is 2.11. The van der Waals surface area contributed by atoms with Crippen molar-refractivity contribution in [2.75, 3.05) is 24.6 Å². The van der Waals surface area contributed by atoms with Crippen LogP contribution < -0.4 is 0 Å². The molecule has 24 heavy (non-hydrogen) atoms. The number of hydrogen-bond donors (Lipinski definition) is 0. The molecule has 3 heterocycles. The molecule has 3 aromatic rings. The molecule has 0 aliphatic carbocycles. The summed E-state index contributed by atoms with van der Waals surface area (Å²) in [4.78, 5) is 15.0. The highest BCUT2D eigenvalue weighted by atomic mass is 32.2. The fourth-order valence-corrected chi connectivity index (χ4v) is 4.93. The van der Waals surface area contributed by atoms with Gasteiger partial charge in [0.15, 0.2) is 0 Å². The normalized spacial score (nSPS) is 15.1. The van der Waals surface area contributed by atoms with Crippen LogP contribution in [0, 0.1) is 0 Å². The molecule has 2 aromatic heterocycles. The summed E-state index contributed by atoms with van der Waals surface area (Å²) in [6.07, 6.45) is 0.941. The molecule has 0 N–H and O–H groups in total. The highest BCUT2D eigenvalue weighted by molar-refractivity contribution is 7.99. The highest BCUT2D eigenvalue weighted by Gasteiger charge is 2.23. The largest absolute Gasteiger partial charge is 0.336 e. The number of benzene rings is 1. The molecular weight excluding hydrogens is 336 g/mol. The molecule has 0 spiro atoms. The molecule has 1 amide bonds. The highest BCUT2D eigenvalue weighted by Crippen LogP contribution is 2.27. The summed E-state index contributed by atoms with van der Waals surface area (Å²) in [5.74, 6) is 2.28. The Morgan fingerprint density at radius 3 is 2.67 bits per heavy atom. The van der Waals surface area contributed by atoms with Crippen molar-refractivity contribution in [2.45, 2.75) is 13.0 Å². The maximum atomic E-state index is 13.0. The van der Waals surface area contributed by atoms with E-state index in [1.54, 1.807) is 11.3 Å². The topological polar surface area (TPSA) is 25.2 Å². The number of aromatic nitrogens is 1. The van der Waals surface area contributed by atoms with Gasteiger partial charge in [0, 0.05) is 31.1 Å². The van der Waals surface area contributed by atoms with Gasteiger partial charge in [-0.2, -0.15) is 11.8 Å². The van der Waals surface area contributed by atoms with E-state index in [-0.39, 0.29) is 5.91 Å². The van der Waals surface area contributed by atoms with E-state index in [9.17, 15) is 4.79 Å². The molecule has 0 atom stereocenters. The summed E-state index contributed by atoms with van der Waals surface area (Å²) >= 11 is 3.64. The van der Waals surface area contributed by atoms with Crippen LogP contribution >= 0.6 is 23.1 Å². The zero-order valence-electron chi connectivity index (χ0n) is 13.5. The minimum absolute atomic E-state index is 0.187. The molecule has 124 valence electrons. The fraction of sp³-hybridized carbons (Fsp3) is 0.316. The predicted octanol–water partition coefficient (Wildman–Crippen LogP) is 4.13. The second-order valence-corrected chi connectivity index (χ2v) is 8.16. The lowest BCUT2D eigenvalue weighted by molar-refractivity contribution is 0.0762. The van der Waals surface area contributed by atoms with Crippen LogP contribution in [0.15, 0.2) is 47.8 Å². The molecule has 1 saturated heterocycles. The standard InChI is InChI=1S/C19H20N2OS2/c22-19(20-9-12-23-13-10-20)17-14-18-16(7-11-24-18)21(17)8-6-15-4-2-1-3-5-15/h1-5,7,11,14H,6,8-10,12-13H2. The van der Waals surface area contributed by atoms with E-state index in [0.29, 0.717) is 0 Å². The number of rotatable bonds is 4. The quantitative estimate of drug-likeness (QED) is 0.702. The van der Waals surface area contributed by atoms with Crippen molar-refractivity contribution in [3.63, 3.8) is 0 Å². The molecule has 3 nitrogen and oxygen atoms in total. The van der Waals surface area contributed by atoms with Gasteiger partial charge in [0.2, 0.25) is 0 Å². The van der Waals surface area contributed by atoms with Gasteiger partial charge in [-0.3, -0.25) is 4.79 Å². The Morgan fingerprint density at radius 2 is 1.88 bits per heavy atom. The van der Waals surface area contributed by atoms with Gasteiger partial charge in [0.1, 0.15) is 5.69 Å². The number of thiophene rings is 1. The van der Waals surface area contributed by atoms with E-state index < -0.39 is 0 Å². The number of aryl methyl sites for hydroxylation is 2. The Labute approximate surface area is 150 Å². The number of carbonyl (C=O) groups excluding carboxylic acids is 1. The van der Waals surface area contributed by atoms with Crippen molar-refractivity contribution in [1.82, 2.24) is 9.47 Å². The molecule has 0 bridgehead atoms. The van der Waals surface area contributed by atoms with Crippen LogP contribution in [-0.4, -0.2) is 40.0 Å². The average Bonchev–Trinajstić information content (AvgIpc) is 3.22. The van der Waals surface area contributed by atoms with Gasteiger partial charge in [0.05, 0.1) is 10.2 Å². The Morgan fingerprint density at radius 1 is 1.08 bits per heavy atom. The molecule has 0 radical (unpaired) electrons. The van der Waals surface area contributed by atoms with Crippen molar-refractivity contribution in [2.24, 2.45) is 0 Å². The number of carbonyl (C=O) groups is 1. The maximum absolute atomic E-state index is 13.0. The first-order valence-corrected chi connectivity index (χ1v) is 10.3. The fourth-order valence-electron chi connectivity index (χ4n) is 3.21. The average molecular weight is 357 g/mol. The van der Waals surface area contributed by atoms with Gasteiger partial charge in [0.25, 0.3) is 5.91 Å². The number of nitrogens with zero attached hydrogens (tertiary/aromatic N) is 2. The lowest BCUT2D eigenvalue weighted by Crippen LogP contribution is -2.38. The number of thioether (sulfide) groups is 1. The monoisotopic (exact) mass is 356 g/mol. The molecule has 5 heteroatoms. The van der Waals surface area contributed by atoms with E-state index in [4.69, 9.17) is 0 Å². The Kier molecular flexibility index (Phi) is 4.63. The van der Waals surface area contributed by atoms with E-state index in [2.05, 4.69) is 46.3 Å². The zero-order valence-corrected chi connectivity index (χ0v) is 15.1. The van der Waals surface area contributed by atoms with Gasteiger partial charge in [-0.25, -0.2) is 0 Å². The first-order chi connectivity index (χ1) is 11.8. The molecule has 1 aromatic carbocycles. The van der Waals surface area contributed by atoms with Gasteiger partial charge in [-0.05, 0) is 29.5 Å². The summed E-state index contributed by atoms with van der Waals surface area (Å²) < 4.78 is 3.42. The molecule has 0 unspecified atom stereocenters. The lowest BCUT2D eigenvalue weighted by atomic mass is 10.1. The number of amides is 1. The van der Waals surface area contributed by atoms with Crippen LogP contribution in [0.4, 0.5) is 0 Å². The van der Waals surface area contributed by atoms with E-state index in [1.165, 1.54) is 15.8 Å². The van der Waals surface area contributed by atoms with Gasteiger partial charge >= 0.3 is 0 Å². The van der Waals surface area contributed by atoms with Crippen molar-refractivity contribution in [3.8, 4) is 0 Å². The zero-order chi connectivity index (χ0) is 16.4. The van der Waals surface area contributed by atoms with Gasteiger partial charge < -0.3 is 9.47 Å². The first kappa shape index (κ1) is 15.8. The maximum Gasteiger partial charge on any atom is 0.270 e. The van der Waals surface area contributed by atoms with Crippen molar-refractivity contribution in [1.29, 1.82) is 0 Å². The molecule has 1 fully saturated rings. The van der Waals surface area contributed by atoms with E-state index >= 15 is 0 Å². The summed E-state index contributed by atoms with van der Waals surface area (Å²) in [6, 6.07) is 14.7. The second-order valence-electron chi connectivity index (χ2n) is 5.99. The SMILES string of the molecule is O=C(c1cc2sccc2n1CCc1ccccc1)N1CCSCC1. The second kappa shape index (κ2) is 7.03. The summed E-state index contributed by atoms with van der Waals surface area (Å²) in [5.41, 5.74) is 3.34. The third-order valence-electron chi connectivity index (χ3n) is 4.51. The number of hydrogen-bond acceptors (Lipinski definition) is 3. The third-order valence-corrected chi connectivity index (χ3v) is 6.30. The Balaban J connectivity index is 1.62. The molecule has 4 rings (SSSR count). The van der Waals surface area contributed by atoms with Crippen LogP contribution in [0.3, 0.4) is 0 Å². The van der Waals surface area contributed by atoms with Gasteiger partial charge in [-0.15, -0.1) is 11.3 Å². The van der Waals surface area contributed by atoms with Crippen LogP contribution in [0.25, 0.3) is 10.2 Å². The molecule has 1 aliphatic heterocycles. The van der Waals surface area contributed by atoms with Crippen LogP contribution in [-0.2, 0) is 13.0 Å². The molecule has 0 saturated carbocycles. The number of fused-ring (bicyclic) bond motifs is 1. The third kappa shape index (κ3) is 3.10. The van der Waals surface area contributed by atoms with Crippen LogP contribution in [0.5, 0.6) is 0 Å². The van der Waals surface area contributed by atoms with Crippen LogP contribution in [0.2, 0.25) is 0 Å². The minimum atomic E-state index is 0.187. The Hall–Kier alpha value is -1.72. The Bertz CT molecular complexity index is 832. The summed E-state index contributed by atoms with van der Waals surface area (Å²) in [6.45, 7) is 2.57. The molecule has 1 aliphatic rings. The predicted molar refractivity (Wildman–Crippen MR) is 103 cm³/mol. The van der Waals surface area contributed by atoms with E-state index in [1.807, 2.05) is 22.7 Å². The first-order valence-electron chi connectivity index (χ1n) is 8.30. The lowest BCUT2D eigenvalue weighted by Gasteiger charge is -2.27. The summed E-state index contributed by atoms with van der Waals surface area (Å²) in [7, 11) is 0. The van der Waals surface area contributed by atoms with E-state index in [0.717, 1.165) is 43.3 Å². The van der Waals surface area contributed by atoms with Crippen molar-refractivity contribution < 1.29 is 4.79 Å². The van der Waals surface area contributed by atoms with Crippen molar-refractivity contribution in [3.05, 3.63) is 59.1 Å². The van der Waals surface area contributed by atoms with Crippen molar-refractivity contribution >= 4 is 39.2 Å². The van der Waals surface area contributed by atoms with Crippen LogP contribution in [0.1, 0.15) is 16.1 Å².